The molecule has 0 saturated heterocycles. The van der Waals surface area contributed by atoms with Crippen LogP contribution in [0.2, 0.25) is 5.02 Å². The standard InChI is InChI=1S/C10H8ClN3S/c11-8-1-4-13-9(5-8)6-15-10-2-3-12-7-14-10/h1-5,7H,6H2. The van der Waals surface area contributed by atoms with E-state index in [1.165, 1.54) is 6.33 Å². The molecular weight excluding hydrogens is 230 g/mol. The molecule has 0 aliphatic heterocycles. The Morgan fingerprint density at radius 3 is 2.87 bits per heavy atom. The Morgan fingerprint density at radius 2 is 2.13 bits per heavy atom. The largest absolute Gasteiger partial charge is 0.260 e. The third kappa shape index (κ3) is 3.18. The zero-order valence-corrected chi connectivity index (χ0v) is 9.37. The van der Waals surface area contributed by atoms with Gasteiger partial charge in [0.2, 0.25) is 0 Å². The molecule has 0 atom stereocenters. The van der Waals surface area contributed by atoms with Crippen LogP contribution in [-0.4, -0.2) is 15.0 Å². The molecule has 0 radical (unpaired) electrons. The summed E-state index contributed by atoms with van der Waals surface area (Å²) in [5.74, 6) is 0.761. The number of thioether (sulfide) groups is 1. The van der Waals surface area contributed by atoms with Crippen LogP contribution in [0.15, 0.2) is 41.9 Å². The molecule has 0 aliphatic rings. The highest BCUT2D eigenvalue weighted by Gasteiger charge is 1.98. The lowest BCUT2D eigenvalue weighted by molar-refractivity contribution is 1.04. The van der Waals surface area contributed by atoms with E-state index in [-0.39, 0.29) is 0 Å². The minimum atomic E-state index is 0.711. The number of rotatable bonds is 3. The maximum atomic E-state index is 5.85. The molecule has 2 rings (SSSR count). The maximum Gasteiger partial charge on any atom is 0.116 e. The molecule has 15 heavy (non-hydrogen) atoms. The minimum Gasteiger partial charge on any atom is -0.260 e. The van der Waals surface area contributed by atoms with Gasteiger partial charge in [0.05, 0.1) is 10.7 Å². The SMILES string of the molecule is Clc1ccnc(CSc2ccncn2)c1. The van der Waals surface area contributed by atoms with Crippen LogP contribution >= 0.6 is 23.4 Å². The Kier molecular flexibility index (Phi) is 3.53. The van der Waals surface area contributed by atoms with Crippen LogP contribution in [0, 0.1) is 0 Å². The molecule has 0 aliphatic carbocycles. The topological polar surface area (TPSA) is 38.7 Å². The summed E-state index contributed by atoms with van der Waals surface area (Å²) in [7, 11) is 0. The Bertz CT molecular complexity index is 436. The quantitative estimate of drug-likeness (QED) is 0.608. The summed E-state index contributed by atoms with van der Waals surface area (Å²) in [4.78, 5) is 12.2. The molecule has 5 heteroatoms. The van der Waals surface area contributed by atoms with E-state index >= 15 is 0 Å². The number of pyridine rings is 1. The first-order valence-corrected chi connectivity index (χ1v) is 5.70. The lowest BCUT2D eigenvalue weighted by Gasteiger charge is -2.00. The highest BCUT2D eigenvalue weighted by Crippen LogP contribution is 2.19. The van der Waals surface area contributed by atoms with Crippen LogP contribution < -0.4 is 0 Å². The molecule has 0 unspecified atom stereocenters. The van der Waals surface area contributed by atoms with Crippen molar-refractivity contribution in [2.75, 3.05) is 0 Å². The zero-order valence-electron chi connectivity index (χ0n) is 7.80. The third-order valence-electron chi connectivity index (χ3n) is 1.70. The second-order valence-electron chi connectivity index (χ2n) is 2.80. The summed E-state index contributed by atoms with van der Waals surface area (Å²) >= 11 is 7.46. The Labute approximate surface area is 96.9 Å². The van der Waals surface area contributed by atoms with Gasteiger partial charge in [0.1, 0.15) is 6.33 Å². The van der Waals surface area contributed by atoms with Crippen molar-refractivity contribution in [1.82, 2.24) is 15.0 Å². The van der Waals surface area contributed by atoms with Crippen molar-refractivity contribution in [3.63, 3.8) is 0 Å². The van der Waals surface area contributed by atoms with Gasteiger partial charge in [-0.3, -0.25) is 4.98 Å². The lowest BCUT2D eigenvalue weighted by Crippen LogP contribution is -1.87. The van der Waals surface area contributed by atoms with Gasteiger partial charge in [0, 0.05) is 23.2 Å². The third-order valence-corrected chi connectivity index (χ3v) is 2.91. The lowest BCUT2D eigenvalue weighted by atomic mass is 10.4. The van der Waals surface area contributed by atoms with Crippen molar-refractivity contribution < 1.29 is 0 Å². The van der Waals surface area contributed by atoms with Crippen LogP contribution in [0.25, 0.3) is 0 Å². The van der Waals surface area contributed by atoms with Crippen molar-refractivity contribution >= 4 is 23.4 Å². The van der Waals surface area contributed by atoms with E-state index in [2.05, 4.69) is 15.0 Å². The normalized spacial score (nSPS) is 10.2. The number of aromatic nitrogens is 3. The summed E-state index contributed by atoms with van der Waals surface area (Å²) in [6.07, 6.45) is 4.96. The predicted molar refractivity (Wildman–Crippen MR) is 60.8 cm³/mol. The first kappa shape index (κ1) is 10.4. The van der Waals surface area contributed by atoms with Gasteiger partial charge < -0.3 is 0 Å². The molecule has 2 aromatic rings. The van der Waals surface area contributed by atoms with Crippen molar-refractivity contribution in [3.8, 4) is 0 Å². The van der Waals surface area contributed by atoms with E-state index in [0.29, 0.717) is 5.02 Å². The van der Waals surface area contributed by atoms with Crippen LogP contribution in [-0.2, 0) is 5.75 Å². The van der Waals surface area contributed by atoms with Gasteiger partial charge >= 0.3 is 0 Å². The second kappa shape index (κ2) is 5.09. The fraction of sp³-hybridized carbons (Fsp3) is 0.100. The van der Waals surface area contributed by atoms with Crippen molar-refractivity contribution in [1.29, 1.82) is 0 Å². The number of hydrogen-bond acceptors (Lipinski definition) is 4. The van der Waals surface area contributed by atoms with E-state index in [4.69, 9.17) is 11.6 Å². The summed E-state index contributed by atoms with van der Waals surface area (Å²) < 4.78 is 0. The van der Waals surface area contributed by atoms with E-state index in [1.54, 1.807) is 30.2 Å². The van der Waals surface area contributed by atoms with Gasteiger partial charge in [-0.05, 0) is 18.2 Å². The van der Waals surface area contributed by atoms with Gasteiger partial charge in [-0.25, -0.2) is 9.97 Å². The second-order valence-corrected chi connectivity index (χ2v) is 4.23. The Hall–Kier alpha value is -1.13. The van der Waals surface area contributed by atoms with E-state index in [9.17, 15) is 0 Å². The molecule has 0 aromatic carbocycles. The van der Waals surface area contributed by atoms with E-state index < -0.39 is 0 Å². The Morgan fingerprint density at radius 1 is 1.20 bits per heavy atom. The highest BCUT2D eigenvalue weighted by atomic mass is 35.5. The van der Waals surface area contributed by atoms with Crippen LogP contribution in [0.5, 0.6) is 0 Å². The fourth-order valence-electron chi connectivity index (χ4n) is 1.04. The van der Waals surface area contributed by atoms with E-state index in [1.807, 2.05) is 12.1 Å². The first-order valence-electron chi connectivity index (χ1n) is 4.34. The van der Waals surface area contributed by atoms with E-state index in [0.717, 1.165) is 16.5 Å². The molecule has 0 spiro atoms. The number of hydrogen-bond donors (Lipinski definition) is 0. The summed E-state index contributed by atoms with van der Waals surface area (Å²) in [5, 5.41) is 1.65. The van der Waals surface area contributed by atoms with Crippen molar-refractivity contribution in [2.24, 2.45) is 0 Å². The molecule has 0 fully saturated rings. The van der Waals surface area contributed by atoms with Crippen LogP contribution in [0.4, 0.5) is 0 Å². The molecular formula is C10H8ClN3S. The summed E-state index contributed by atoms with van der Waals surface area (Å²) in [6, 6.07) is 5.49. The highest BCUT2D eigenvalue weighted by molar-refractivity contribution is 7.98. The molecule has 2 aromatic heterocycles. The number of halogens is 1. The number of nitrogens with zero attached hydrogens (tertiary/aromatic N) is 3. The molecule has 0 bridgehead atoms. The predicted octanol–water partition coefficient (Wildman–Crippen LogP) is 2.82. The summed E-state index contributed by atoms with van der Waals surface area (Å²) in [5.41, 5.74) is 0.950. The average Bonchev–Trinajstić information content (AvgIpc) is 2.28. The van der Waals surface area contributed by atoms with Gasteiger partial charge in [-0.2, -0.15) is 0 Å². The monoisotopic (exact) mass is 237 g/mol. The fourth-order valence-corrected chi connectivity index (χ4v) is 1.95. The molecule has 3 nitrogen and oxygen atoms in total. The van der Waals surface area contributed by atoms with Gasteiger partial charge in [-0.15, -0.1) is 0 Å². The smallest absolute Gasteiger partial charge is 0.116 e. The van der Waals surface area contributed by atoms with Gasteiger partial charge in [-0.1, -0.05) is 23.4 Å². The van der Waals surface area contributed by atoms with Crippen LogP contribution in [0.3, 0.4) is 0 Å². The van der Waals surface area contributed by atoms with Crippen LogP contribution in [0.1, 0.15) is 5.69 Å². The Balaban J connectivity index is 1.99. The van der Waals surface area contributed by atoms with Gasteiger partial charge in [0.25, 0.3) is 0 Å². The average molecular weight is 238 g/mol. The molecule has 0 amide bonds. The maximum absolute atomic E-state index is 5.85. The minimum absolute atomic E-state index is 0.711. The summed E-state index contributed by atoms with van der Waals surface area (Å²) in [6.45, 7) is 0. The van der Waals surface area contributed by atoms with Crippen molar-refractivity contribution in [3.05, 3.63) is 47.6 Å². The van der Waals surface area contributed by atoms with Crippen molar-refractivity contribution in [2.45, 2.75) is 10.8 Å². The molecule has 0 N–H and O–H groups in total. The molecule has 76 valence electrons. The first-order chi connectivity index (χ1) is 7.34. The molecule has 0 saturated carbocycles. The van der Waals surface area contributed by atoms with Gasteiger partial charge in [0.15, 0.2) is 0 Å². The molecule has 2 heterocycles. The zero-order chi connectivity index (χ0) is 10.5.